The Kier molecular flexibility index (Phi) is 12.7. The Balaban J connectivity index is 0.00000216. The topological polar surface area (TPSA) is 106 Å². The summed E-state index contributed by atoms with van der Waals surface area (Å²) in [6, 6.07) is 5.68. The number of halogens is 3. The van der Waals surface area contributed by atoms with Gasteiger partial charge in [-0.15, -0.1) is 37.2 Å². The van der Waals surface area contributed by atoms with E-state index < -0.39 is 0 Å². The van der Waals surface area contributed by atoms with Crippen LogP contribution in [0.1, 0.15) is 6.42 Å². The zero-order valence-corrected chi connectivity index (χ0v) is 23.5. The minimum atomic E-state index is 0. The SMILES string of the molecule is COc1ccc(-c2cnc3nc(N)nc(N4CCN(CCCN(C)C)CC4)c3n2)cc1OC.Cl.Cl.Cl. The molecule has 1 saturated heterocycles. The van der Waals surface area contributed by atoms with Gasteiger partial charge < -0.3 is 25.0 Å². The summed E-state index contributed by atoms with van der Waals surface area (Å²) in [7, 11) is 7.45. The third kappa shape index (κ3) is 7.33. The zero-order valence-electron chi connectivity index (χ0n) is 21.0. The number of rotatable bonds is 8. The van der Waals surface area contributed by atoms with Crippen LogP contribution in [0.4, 0.5) is 11.8 Å². The lowest BCUT2D eigenvalue weighted by Gasteiger charge is -2.35. The lowest BCUT2D eigenvalue weighted by molar-refractivity contribution is 0.242. The molecular formula is C23H35Cl3N8O2. The van der Waals surface area contributed by atoms with Crippen LogP contribution in [0.3, 0.4) is 0 Å². The highest BCUT2D eigenvalue weighted by atomic mass is 35.5. The van der Waals surface area contributed by atoms with Gasteiger partial charge in [-0.05, 0) is 51.8 Å². The smallest absolute Gasteiger partial charge is 0.224 e. The Morgan fingerprint density at radius 3 is 2.28 bits per heavy atom. The first-order chi connectivity index (χ1) is 16.0. The van der Waals surface area contributed by atoms with Crippen molar-refractivity contribution >= 4 is 60.2 Å². The van der Waals surface area contributed by atoms with Gasteiger partial charge in [0, 0.05) is 31.7 Å². The molecule has 1 aromatic carbocycles. The molecule has 2 aromatic heterocycles. The van der Waals surface area contributed by atoms with E-state index in [2.05, 4.69) is 43.7 Å². The van der Waals surface area contributed by atoms with E-state index in [1.807, 2.05) is 18.2 Å². The quantitative estimate of drug-likeness (QED) is 0.441. The van der Waals surface area contributed by atoms with Crippen LogP contribution in [0, 0.1) is 0 Å². The molecule has 10 nitrogen and oxygen atoms in total. The maximum Gasteiger partial charge on any atom is 0.224 e. The van der Waals surface area contributed by atoms with Gasteiger partial charge in [0.05, 0.1) is 26.1 Å². The van der Waals surface area contributed by atoms with Gasteiger partial charge in [-0.25, -0.2) is 9.97 Å². The Morgan fingerprint density at radius 2 is 1.64 bits per heavy atom. The molecule has 0 spiro atoms. The van der Waals surface area contributed by atoms with Crippen LogP contribution in [-0.4, -0.2) is 97.3 Å². The second-order valence-corrected chi connectivity index (χ2v) is 8.39. The number of methoxy groups -OCH3 is 2. The molecule has 0 atom stereocenters. The number of nitrogens with zero attached hydrogens (tertiary/aromatic N) is 7. The van der Waals surface area contributed by atoms with Crippen molar-refractivity contribution in [2.75, 3.05) is 78.2 Å². The van der Waals surface area contributed by atoms with Crippen LogP contribution in [0.25, 0.3) is 22.4 Å². The van der Waals surface area contributed by atoms with E-state index in [1.165, 1.54) is 0 Å². The Labute approximate surface area is 230 Å². The summed E-state index contributed by atoms with van der Waals surface area (Å²) >= 11 is 0. The van der Waals surface area contributed by atoms with E-state index in [-0.39, 0.29) is 43.2 Å². The number of piperazine rings is 1. The number of hydrogen-bond donors (Lipinski definition) is 1. The molecule has 4 rings (SSSR count). The molecular weight excluding hydrogens is 527 g/mol. The number of aromatic nitrogens is 4. The predicted molar refractivity (Wildman–Crippen MR) is 152 cm³/mol. The van der Waals surface area contributed by atoms with Gasteiger partial charge in [0.2, 0.25) is 5.95 Å². The van der Waals surface area contributed by atoms with Gasteiger partial charge in [-0.2, -0.15) is 9.97 Å². The summed E-state index contributed by atoms with van der Waals surface area (Å²) in [6.07, 6.45) is 2.86. The molecule has 200 valence electrons. The summed E-state index contributed by atoms with van der Waals surface area (Å²) in [5, 5.41) is 0. The molecule has 1 aliphatic heterocycles. The maximum absolute atomic E-state index is 6.01. The molecule has 0 saturated carbocycles. The Hall–Kier alpha value is -2.37. The van der Waals surface area contributed by atoms with Gasteiger partial charge >= 0.3 is 0 Å². The fraction of sp³-hybridized carbons (Fsp3) is 0.478. The van der Waals surface area contributed by atoms with Gasteiger partial charge in [-0.3, -0.25) is 4.90 Å². The number of anilines is 2. The molecule has 13 heteroatoms. The molecule has 2 N–H and O–H groups in total. The normalized spacial score (nSPS) is 13.5. The minimum Gasteiger partial charge on any atom is -0.493 e. The monoisotopic (exact) mass is 560 g/mol. The van der Waals surface area contributed by atoms with Crippen molar-refractivity contribution in [2.24, 2.45) is 0 Å². The first-order valence-corrected chi connectivity index (χ1v) is 11.1. The summed E-state index contributed by atoms with van der Waals surface area (Å²) in [4.78, 5) is 25.2. The van der Waals surface area contributed by atoms with Crippen LogP contribution in [0.5, 0.6) is 11.5 Å². The van der Waals surface area contributed by atoms with Crippen molar-refractivity contribution in [3.05, 3.63) is 24.4 Å². The van der Waals surface area contributed by atoms with Gasteiger partial charge in [0.25, 0.3) is 0 Å². The third-order valence-electron chi connectivity index (χ3n) is 5.84. The van der Waals surface area contributed by atoms with E-state index in [0.29, 0.717) is 28.4 Å². The molecule has 0 unspecified atom stereocenters. The first kappa shape index (κ1) is 31.7. The first-order valence-electron chi connectivity index (χ1n) is 11.1. The van der Waals surface area contributed by atoms with E-state index in [9.17, 15) is 0 Å². The van der Waals surface area contributed by atoms with E-state index in [0.717, 1.165) is 57.1 Å². The van der Waals surface area contributed by atoms with Crippen molar-refractivity contribution < 1.29 is 9.47 Å². The van der Waals surface area contributed by atoms with Crippen LogP contribution in [-0.2, 0) is 0 Å². The van der Waals surface area contributed by atoms with Gasteiger partial charge in [0.1, 0.15) is 0 Å². The lowest BCUT2D eigenvalue weighted by Crippen LogP contribution is -2.47. The standard InChI is InChI=1S/C23H32N8O2.3ClH/c1-29(2)8-5-9-30-10-12-31(13-11-30)22-20-21(27-23(24)28-22)25-15-17(26-20)16-6-7-18(32-3)19(14-16)33-4;;;/h6-7,14-15H,5,8-13H2,1-4H3,(H2,24,25,27,28);3*1H. The highest BCUT2D eigenvalue weighted by Crippen LogP contribution is 2.32. The molecule has 0 amide bonds. The third-order valence-corrected chi connectivity index (χ3v) is 5.84. The molecule has 0 radical (unpaired) electrons. The highest BCUT2D eigenvalue weighted by molar-refractivity contribution is 5.86. The van der Waals surface area contributed by atoms with Crippen molar-refractivity contribution in [1.82, 2.24) is 29.7 Å². The Morgan fingerprint density at radius 1 is 0.944 bits per heavy atom. The lowest BCUT2D eigenvalue weighted by atomic mass is 10.1. The highest BCUT2D eigenvalue weighted by Gasteiger charge is 2.22. The number of ether oxygens (including phenoxy) is 2. The van der Waals surface area contributed by atoms with Crippen molar-refractivity contribution in [2.45, 2.75) is 6.42 Å². The van der Waals surface area contributed by atoms with Gasteiger partial charge in [-0.1, -0.05) is 0 Å². The average molecular weight is 562 g/mol. The Bertz CT molecular complexity index is 1110. The average Bonchev–Trinajstić information content (AvgIpc) is 2.83. The van der Waals surface area contributed by atoms with Crippen molar-refractivity contribution in [3.63, 3.8) is 0 Å². The molecule has 3 heterocycles. The molecule has 0 aliphatic carbocycles. The predicted octanol–water partition coefficient (Wildman–Crippen LogP) is 3.03. The minimum absolute atomic E-state index is 0. The second kappa shape index (κ2) is 14.4. The van der Waals surface area contributed by atoms with Crippen molar-refractivity contribution in [1.29, 1.82) is 0 Å². The summed E-state index contributed by atoms with van der Waals surface area (Å²) in [6.45, 7) is 5.86. The summed E-state index contributed by atoms with van der Waals surface area (Å²) in [5.41, 5.74) is 8.74. The number of nitrogen functional groups attached to an aromatic ring is 1. The number of benzene rings is 1. The summed E-state index contributed by atoms with van der Waals surface area (Å²) < 4.78 is 10.8. The van der Waals surface area contributed by atoms with Crippen LogP contribution < -0.4 is 20.1 Å². The molecule has 0 bridgehead atoms. The van der Waals surface area contributed by atoms with Crippen LogP contribution in [0.2, 0.25) is 0 Å². The largest absolute Gasteiger partial charge is 0.493 e. The fourth-order valence-electron chi connectivity index (χ4n) is 4.06. The maximum atomic E-state index is 6.01. The van der Waals surface area contributed by atoms with Gasteiger partial charge in [0.15, 0.2) is 28.5 Å². The summed E-state index contributed by atoms with van der Waals surface area (Å²) in [5.74, 6) is 2.24. The second-order valence-electron chi connectivity index (χ2n) is 8.39. The van der Waals surface area contributed by atoms with E-state index in [1.54, 1.807) is 20.4 Å². The van der Waals surface area contributed by atoms with Crippen LogP contribution in [0.15, 0.2) is 24.4 Å². The number of fused-ring (bicyclic) bond motifs is 1. The molecule has 1 fully saturated rings. The molecule has 3 aromatic rings. The van der Waals surface area contributed by atoms with Crippen molar-refractivity contribution in [3.8, 4) is 22.8 Å². The van der Waals surface area contributed by atoms with E-state index >= 15 is 0 Å². The fourth-order valence-corrected chi connectivity index (χ4v) is 4.06. The zero-order chi connectivity index (χ0) is 23.4. The number of hydrogen-bond acceptors (Lipinski definition) is 10. The molecule has 36 heavy (non-hydrogen) atoms. The number of nitrogens with two attached hydrogens (primary N) is 1. The molecule has 1 aliphatic rings. The van der Waals surface area contributed by atoms with Crippen LogP contribution >= 0.6 is 37.2 Å². The van der Waals surface area contributed by atoms with E-state index in [4.69, 9.17) is 20.2 Å².